The average molecular weight is 204 g/mol. The highest BCUT2D eigenvalue weighted by Crippen LogP contribution is 2.25. The molecule has 1 aliphatic rings. The number of aryl methyl sites for hydroxylation is 1. The fraction of sp³-hybridized carbons (Fsp3) is 0.385. The normalized spacial score (nSPS) is 17.5. The third-order valence-electron chi connectivity index (χ3n) is 2.39. The fourth-order valence-corrected chi connectivity index (χ4v) is 1.51. The monoisotopic (exact) mass is 204 g/mol. The summed E-state index contributed by atoms with van der Waals surface area (Å²) in [5.74, 6) is 5.90. The van der Waals surface area contributed by atoms with Crippen LogP contribution in [-0.2, 0) is 4.74 Å². The molecule has 1 aromatic carbocycles. The highest BCUT2D eigenvalue weighted by Gasteiger charge is 2.30. The van der Waals surface area contributed by atoms with Crippen LogP contribution in [0.2, 0.25) is 0 Å². The van der Waals surface area contributed by atoms with Crippen LogP contribution in [0.25, 0.3) is 0 Å². The Kier molecular flexibility index (Phi) is 2.50. The molecule has 1 nitrogen and oxygen atoms in total. The van der Waals surface area contributed by atoms with Crippen molar-refractivity contribution in [1.82, 2.24) is 0 Å². The summed E-state index contributed by atoms with van der Waals surface area (Å²) in [6, 6.07) is 4.85. The fourth-order valence-electron chi connectivity index (χ4n) is 1.51. The Bertz CT molecular complexity index is 415. The Balaban J connectivity index is 2.23. The summed E-state index contributed by atoms with van der Waals surface area (Å²) in [5, 5.41) is 0. The van der Waals surface area contributed by atoms with E-state index in [4.69, 9.17) is 4.74 Å². The molecule has 0 aliphatic carbocycles. The van der Waals surface area contributed by atoms with Gasteiger partial charge in [-0.2, -0.15) is 0 Å². The number of hydrogen-bond donors (Lipinski definition) is 0. The molecule has 0 aromatic heterocycles. The predicted octanol–water partition coefficient (Wildman–Crippen LogP) is 2.52. The molecule has 0 saturated carbocycles. The molecule has 0 N–H and O–H groups in total. The van der Waals surface area contributed by atoms with E-state index < -0.39 is 0 Å². The number of ether oxygens (including phenoxy) is 1. The van der Waals surface area contributed by atoms with Crippen LogP contribution in [0, 0.1) is 30.0 Å². The van der Waals surface area contributed by atoms with E-state index in [-0.39, 0.29) is 11.2 Å². The Hall–Kier alpha value is -1.33. The van der Waals surface area contributed by atoms with Crippen LogP contribution in [0.4, 0.5) is 4.39 Å². The van der Waals surface area contributed by atoms with Gasteiger partial charge in [0.25, 0.3) is 0 Å². The second-order valence-corrected chi connectivity index (χ2v) is 4.32. The Morgan fingerprint density at radius 1 is 1.33 bits per heavy atom. The van der Waals surface area contributed by atoms with Gasteiger partial charge < -0.3 is 4.74 Å². The average Bonchev–Trinajstić information content (AvgIpc) is 2.10. The summed E-state index contributed by atoms with van der Waals surface area (Å²) >= 11 is 0. The van der Waals surface area contributed by atoms with E-state index in [1.165, 1.54) is 12.1 Å². The van der Waals surface area contributed by atoms with Gasteiger partial charge in [0, 0.05) is 5.56 Å². The maximum Gasteiger partial charge on any atom is 0.124 e. The van der Waals surface area contributed by atoms with Gasteiger partial charge >= 0.3 is 0 Å². The van der Waals surface area contributed by atoms with Crippen molar-refractivity contribution in [2.75, 3.05) is 13.2 Å². The molecule has 15 heavy (non-hydrogen) atoms. The van der Waals surface area contributed by atoms with E-state index >= 15 is 0 Å². The summed E-state index contributed by atoms with van der Waals surface area (Å²) in [4.78, 5) is 0. The lowest BCUT2D eigenvalue weighted by atomic mass is 9.89. The van der Waals surface area contributed by atoms with E-state index in [0.717, 1.165) is 11.1 Å². The van der Waals surface area contributed by atoms with Crippen molar-refractivity contribution in [3.8, 4) is 11.8 Å². The SMILES string of the molecule is Cc1cc(F)cc(C#CC2(C)COC2)c1. The van der Waals surface area contributed by atoms with Crippen LogP contribution in [0.5, 0.6) is 0 Å². The van der Waals surface area contributed by atoms with E-state index in [9.17, 15) is 4.39 Å². The highest BCUT2D eigenvalue weighted by atomic mass is 19.1. The lowest BCUT2D eigenvalue weighted by molar-refractivity contribution is -0.0648. The van der Waals surface area contributed by atoms with Crippen LogP contribution in [0.1, 0.15) is 18.1 Å². The van der Waals surface area contributed by atoms with Gasteiger partial charge in [0.1, 0.15) is 5.82 Å². The number of benzene rings is 1. The molecule has 2 heteroatoms. The standard InChI is InChI=1S/C13H13FO/c1-10-5-11(7-12(14)6-10)3-4-13(2)8-15-9-13/h5-7H,8-9H2,1-2H3. The lowest BCUT2D eigenvalue weighted by Crippen LogP contribution is -2.38. The lowest BCUT2D eigenvalue weighted by Gasteiger charge is -2.32. The Morgan fingerprint density at radius 2 is 2.07 bits per heavy atom. The molecule has 1 fully saturated rings. The summed E-state index contributed by atoms with van der Waals surface area (Å²) < 4.78 is 18.1. The molecule has 1 heterocycles. The molecular weight excluding hydrogens is 191 g/mol. The first-order valence-corrected chi connectivity index (χ1v) is 4.96. The smallest absolute Gasteiger partial charge is 0.124 e. The number of hydrogen-bond acceptors (Lipinski definition) is 1. The molecule has 1 aliphatic heterocycles. The van der Waals surface area contributed by atoms with Crippen molar-refractivity contribution in [3.63, 3.8) is 0 Å². The van der Waals surface area contributed by atoms with E-state index in [1.54, 1.807) is 0 Å². The first-order chi connectivity index (χ1) is 7.07. The maximum absolute atomic E-state index is 13.1. The van der Waals surface area contributed by atoms with E-state index in [1.807, 2.05) is 13.0 Å². The molecule has 0 unspecified atom stereocenters. The third kappa shape index (κ3) is 2.37. The van der Waals surface area contributed by atoms with Gasteiger partial charge in [0.2, 0.25) is 0 Å². The van der Waals surface area contributed by atoms with Crippen LogP contribution >= 0.6 is 0 Å². The minimum Gasteiger partial charge on any atom is -0.378 e. The minimum absolute atomic E-state index is 0.0414. The molecular formula is C13H13FO. The zero-order chi connectivity index (χ0) is 10.9. The Morgan fingerprint density at radius 3 is 2.60 bits per heavy atom. The second kappa shape index (κ2) is 3.67. The largest absolute Gasteiger partial charge is 0.378 e. The zero-order valence-electron chi connectivity index (χ0n) is 8.93. The molecule has 0 atom stereocenters. The van der Waals surface area contributed by atoms with Crippen molar-refractivity contribution in [3.05, 3.63) is 35.1 Å². The molecule has 1 saturated heterocycles. The summed E-state index contributed by atoms with van der Waals surface area (Å²) in [6.07, 6.45) is 0. The van der Waals surface area contributed by atoms with Gasteiger partial charge in [-0.1, -0.05) is 11.8 Å². The first kappa shape index (κ1) is 10.2. The Labute approximate surface area is 89.3 Å². The molecule has 78 valence electrons. The summed E-state index contributed by atoms with van der Waals surface area (Å²) in [6.45, 7) is 5.26. The van der Waals surface area contributed by atoms with Crippen LogP contribution in [0.3, 0.4) is 0 Å². The number of rotatable bonds is 0. The van der Waals surface area contributed by atoms with Crippen LogP contribution < -0.4 is 0 Å². The van der Waals surface area contributed by atoms with Gasteiger partial charge in [0.05, 0.1) is 18.6 Å². The molecule has 0 amide bonds. The van der Waals surface area contributed by atoms with Crippen molar-refractivity contribution in [1.29, 1.82) is 0 Å². The molecule has 1 aromatic rings. The van der Waals surface area contributed by atoms with Crippen molar-refractivity contribution < 1.29 is 9.13 Å². The van der Waals surface area contributed by atoms with Gasteiger partial charge in [0.15, 0.2) is 0 Å². The summed E-state index contributed by atoms with van der Waals surface area (Å²) in [7, 11) is 0. The summed E-state index contributed by atoms with van der Waals surface area (Å²) in [5.41, 5.74) is 1.59. The highest BCUT2D eigenvalue weighted by molar-refractivity contribution is 5.38. The maximum atomic E-state index is 13.1. The van der Waals surface area contributed by atoms with Gasteiger partial charge in [-0.15, -0.1) is 0 Å². The van der Waals surface area contributed by atoms with Crippen molar-refractivity contribution in [2.24, 2.45) is 5.41 Å². The van der Waals surface area contributed by atoms with Crippen LogP contribution in [-0.4, -0.2) is 13.2 Å². The van der Waals surface area contributed by atoms with E-state index in [0.29, 0.717) is 13.2 Å². The third-order valence-corrected chi connectivity index (χ3v) is 2.39. The zero-order valence-corrected chi connectivity index (χ0v) is 8.93. The van der Waals surface area contributed by atoms with Gasteiger partial charge in [-0.25, -0.2) is 4.39 Å². The van der Waals surface area contributed by atoms with Crippen LogP contribution in [0.15, 0.2) is 18.2 Å². The second-order valence-electron chi connectivity index (χ2n) is 4.32. The van der Waals surface area contributed by atoms with Gasteiger partial charge in [-0.05, 0) is 37.6 Å². The molecule has 2 rings (SSSR count). The minimum atomic E-state index is -0.227. The quantitative estimate of drug-likeness (QED) is 0.590. The number of halogens is 1. The molecule has 0 bridgehead atoms. The molecule has 0 spiro atoms. The topological polar surface area (TPSA) is 9.23 Å². The predicted molar refractivity (Wildman–Crippen MR) is 56.9 cm³/mol. The van der Waals surface area contributed by atoms with Crippen molar-refractivity contribution in [2.45, 2.75) is 13.8 Å². The molecule has 0 radical (unpaired) electrons. The van der Waals surface area contributed by atoms with Crippen molar-refractivity contribution >= 4 is 0 Å². The van der Waals surface area contributed by atoms with E-state index in [2.05, 4.69) is 18.8 Å². The first-order valence-electron chi connectivity index (χ1n) is 4.96. The van der Waals surface area contributed by atoms with Gasteiger partial charge in [-0.3, -0.25) is 0 Å².